The fourth-order valence-electron chi connectivity index (χ4n) is 3.14. The minimum Gasteiger partial charge on any atom is -0.437 e. The van der Waals surface area contributed by atoms with E-state index in [0.717, 1.165) is 11.8 Å². The minimum atomic E-state index is -0.398. The molecule has 0 N–H and O–H groups in total. The molecule has 0 saturated carbocycles. The molecular weight excluding hydrogens is 505 g/mol. The molecule has 4 rings (SSSR count). The van der Waals surface area contributed by atoms with Crippen LogP contribution in [0.5, 0.6) is 11.6 Å². The molecule has 3 heterocycles. The van der Waals surface area contributed by atoms with Crippen molar-refractivity contribution in [1.29, 1.82) is 0 Å². The predicted octanol–water partition coefficient (Wildman–Crippen LogP) is 5.03. The molecule has 0 bridgehead atoms. The summed E-state index contributed by atoms with van der Waals surface area (Å²) in [5.74, 6) is 0.00391. The van der Waals surface area contributed by atoms with Crippen molar-refractivity contribution in [2.75, 3.05) is 20.3 Å². The van der Waals surface area contributed by atoms with Gasteiger partial charge in [-0.3, -0.25) is 18.9 Å². The van der Waals surface area contributed by atoms with Crippen molar-refractivity contribution in [2.24, 2.45) is 0 Å². The number of nitrogens with zero attached hydrogens (tertiary/aromatic N) is 3. The molecule has 1 amide bonds. The van der Waals surface area contributed by atoms with Gasteiger partial charge in [0.2, 0.25) is 5.88 Å². The zero-order chi connectivity index (χ0) is 23.5. The van der Waals surface area contributed by atoms with Gasteiger partial charge >= 0.3 is 0 Å². The molecule has 0 unspecified atom stereocenters. The monoisotopic (exact) mass is 521 g/mol. The molecule has 0 aliphatic carbocycles. The molecule has 1 aliphatic rings. The average molecular weight is 522 g/mol. The standard InChI is InChI=1S/C22H17Cl2N3O4S2/c1-30-10-4-9-27-21(29)17(33-22(27)32)12-14-19(31-16-7-6-13(23)11-15(16)24)25-18-5-2-3-8-26(18)20(14)28/h2-3,5-8,11-12H,4,9-10H2,1H3/b17-12+. The van der Waals surface area contributed by atoms with E-state index in [0.29, 0.717) is 39.5 Å². The Bertz CT molecular complexity index is 1340. The van der Waals surface area contributed by atoms with Crippen molar-refractivity contribution >= 4 is 69.1 Å². The normalized spacial score (nSPS) is 15.1. The molecule has 2 aromatic heterocycles. The second-order valence-electron chi connectivity index (χ2n) is 6.92. The lowest BCUT2D eigenvalue weighted by molar-refractivity contribution is -0.122. The van der Waals surface area contributed by atoms with Crippen molar-refractivity contribution in [1.82, 2.24) is 14.3 Å². The van der Waals surface area contributed by atoms with Crippen LogP contribution in [-0.2, 0) is 9.53 Å². The second-order valence-corrected chi connectivity index (χ2v) is 9.44. The number of aromatic nitrogens is 2. The third-order valence-corrected chi connectivity index (χ3v) is 6.62. The Kier molecular flexibility index (Phi) is 7.35. The Balaban J connectivity index is 1.78. The van der Waals surface area contributed by atoms with E-state index in [1.807, 2.05) is 0 Å². The van der Waals surface area contributed by atoms with Gasteiger partial charge in [-0.25, -0.2) is 0 Å². The van der Waals surface area contributed by atoms with Crippen LogP contribution in [0, 0.1) is 0 Å². The summed E-state index contributed by atoms with van der Waals surface area (Å²) in [6.07, 6.45) is 3.69. The molecule has 1 fully saturated rings. The number of hydrogen-bond donors (Lipinski definition) is 0. The largest absolute Gasteiger partial charge is 0.437 e. The number of methoxy groups -OCH3 is 1. The van der Waals surface area contributed by atoms with Gasteiger partial charge in [-0.1, -0.05) is 53.2 Å². The fraction of sp³-hybridized carbons (Fsp3) is 0.182. The molecular formula is C22H17Cl2N3O4S2. The SMILES string of the molecule is COCCCN1C(=O)/C(=C\c2c(Oc3ccc(Cl)cc3Cl)nc3ccccn3c2=O)SC1=S. The number of thioether (sulfide) groups is 1. The number of pyridine rings is 1. The molecule has 1 aliphatic heterocycles. The fourth-order valence-corrected chi connectivity index (χ4v) is 4.87. The van der Waals surface area contributed by atoms with Gasteiger partial charge in [-0.05, 0) is 42.8 Å². The van der Waals surface area contributed by atoms with Crippen molar-refractivity contribution in [3.8, 4) is 11.6 Å². The number of fused-ring (bicyclic) bond motifs is 1. The molecule has 0 spiro atoms. The Hall–Kier alpha value is -2.43. The number of carbonyl (C=O) groups excluding carboxylic acids is 1. The maximum atomic E-state index is 13.3. The van der Waals surface area contributed by atoms with Crippen LogP contribution in [0.25, 0.3) is 11.7 Å². The van der Waals surface area contributed by atoms with Gasteiger partial charge in [0, 0.05) is 31.5 Å². The molecule has 1 saturated heterocycles. The van der Waals surface area contributed by atoms with Crippen molar-refractivity contribution in [3.05, 3.63) is 73.5 Å². The maximum absolute atomic E-state index is 13.3. The van der Waals surface area contributed by atoms with E-state index in [-0.39, 0.29) is 28.1 Å². The number of rotatable bonds is 7. The summed E-state index contributed by atoms with van der Waals surface area (Å²) in [7, 11) is 1.60. The quantitative estimate of drug-likeness (QED) is 0.245. The number of halogens is 2. The van der Waals surface area contributed by atoms with Gasteiger partial charge in [0.25, 0.3) is 11.5 Å². The van der Waals surface area contributed by atoms with Crippen LogP contribution in [0.2, 0.25) is 10.0 Å². The molecule has 7 nitrogen and oxygen atoms in total. The Morgan fingerprint density at radius 2 is 2.03 bits per heavy atom. The Morgan fingerprint density at radius 3 is 2.79 bits per heavy atom. The minimum absolute atomic E-state index is 0.0140. The van der Waals surface area contributed by atoms with E-state index in [9.17, 15) is 9.59 Å². The zero-order valence-electron chi connectivity index (χ0n) is 17.3. The number of benzene rings is 1. The van der Waals surface area contributed by atoms with Crippen LogP contribution in [0.3, 0.4) is 0 Å². The van der Waals surface area contributed by atoms with Crippen LogP contribution in [0.15, 0.2) is 52.3 Å². The Labute approximate surface area is 208 Å². The van der Waals surface area contributed by atoms with Crippen LogP contribution < -0.4 is 10.3 Å². The smallest absolute Gasteiger partial charge is 0.269 e. The molecule has 3 aromatic rings. The zero-order valence-corrected chi connectivity index (χ0v) is 20.4. The van der Waals surface area contributed by atoms with E-state index in [1.54, 1.807) is 43.6 Å². The average Bonchev–Trinajstić information content (AvgIpc) is 3.05. The van der Waals surface area contributed by atoms with Crippen LogP contribution in [0.4, 0.5) is 0 Å². The molecule has 170 valence electrons. The first kappa shape index (κ1) is 23.7. The molecule has 33 heavy (non-hydrogen) atoms. The third-order valence-electron chi connectivity index (χ3n) is 4.71. The first-order chi connectivity index (χ1) is 15.9. The van der Waals surface area contributed by atoms with Gasteiger partial charge < -0.3 is 9.47 Å². The van der Waals surface area contributed by atoms with E-state index in [4.69, 9.17) is 44.9 Å². The highest BCUT2D eigenvalue weighted by Crippen LogP contribution is 2.35. The lowest BCUT2D eigenvalue weighted by atomic mass is 10.2. The maximum Gasteiger partial charge on any atom is 0.269 e. The number of ether oxygens (including phenoxy) is 2. The van der Waals surface area contributed by atoms with Crippen molar-refractivity contribution in [3.63, 3.8) is 0 Å². The van der Waals surface area contributed by atoms with Crippen molar-refractivity contribution in [2.45, 2.75) is 6.42 Å². The molecule has 1 aromatic carbocycles. The number of thiocarbonyl (C=S) groups is 1. The third kappa shape index (κ3) is 5.07. The summed E-state index contributed by atoms with van der Waals surface area (Å²) in [4.78, 5) is 32.5. The van der Waals surface area contributed by atoms with Gasteiger partial charge in [0.15, 0.2) is 0 Å². The first-order valence-electron chi connectivity index (χ1n) is 9.77. The lowest BCUT2D eigenvalue weighted by Gasteiger charge is -2.13. The van der Waals surface area contributed by atoms with E-state index in [1.165, 1.54) is 21.4 Å². The Morgan fingerprint density at radius 1 is 1.21 bits per heavy atom. The highest BCUT2D eigenvalue weighted by molar-refractivity contribution is 8.26. The van der Waals surface area contributed by atoms with E-state index in [2.05, 4.69) is 4.98 Å². The van der Waals surface area contributed by atoms with Gasteiger partial charge in [0.05, 0.1) is 9.93 Å². The number of amides is 1. The van der Waals surface area contributed by atoms with Crippen molar-refractivity contribution < 1.29 is 14.3 Å². The van der Waals surface area contributed by atoms with Gasteiger partial charge in [0.1, 0.15) is 21.3 Å². The number of carbonyl (C=O) groups is 1. The lowest BCUT2D eigenvalue weighted by Crippen LogP contribution is -2.29. The summed E-state index contributed by atoms with van der Waals surface area (Å²) in [6, 6.07) is 9.87. The van der Waals surface area contributed by atoms with E-state index >= 15 is 0 Å². The number of hydrogen-bond acceptors (Lipinski definition) is 7. The molecule has 0 radical (unpaired) electrons. The second kappa shape index (κ2) is 10.2. The predicted molar refractivity (Wildman–Crippen MR) is 134 cm³/mol. The summed E-state index contributed by atoms with van der Waals surface area (Å²) >= 11 is 18.7. The van der Waals surface area contributed by atoms with Crippen LogP contribution in [0.1, 0.15) is 12.0 Å². The molecule has 11 heteroatoms. The van der Waals surface area contributed by atoms with Crippen LogP contribution >= 0.6 is 47.2 Å². The summed E-state index contributed by atoms with van der Waals surface area (Å²) in [5, 5.41) is 0.698. The van der Waals surface area contributed by atoms with E-state index < -0.39 is 5.56 Å². The van der Waals surface area contributed by atoms with Crippen LogP contribution in [-0.4, -0.2) is 44.8 Å². The van der Waals surface area contributed by atoms with Gasteiger partial charge in [-0.2, -0.15) is 4.98 Å². The summed E-state index contributed by atoms with van der Waals surface area (Å²) in [6.45, 7) is 0.931. The van der Waals surface area contributed by atoms with Gasteiger partial charge in [-0.15, -0.1) is 0 Å². The molecule has 0 atom stereocenters. The topological polar surface area (TPSA) is 73.1 Å². The summed E-state index contributed by atoms with van der Waals surface area (Å²) < 4.78 is 12.8. The first-order valence-corrected chi connectivity index (χ1v) is 11.8. The summed E-state index contributed by atoms with van der Waals surface area (Å²) in [5.41, 5.74) is 0.0827. The highest BCUT2D eigenvalue weighted by atomic mass is 35.5. The highest BCUT2D eigenvalue weighted by Gasteiger charge is 2.32.